The third kappa shape index (κ3) is 2.96. The molecule has 4 heteroatoms. The zero-order valence-electron chi connectivity index (χ0n) is 11.4. The van der Waals surface area contributed by atoms with E-state index >= 15 is 0 Å². The van der Waals surface area contributed by atoms with Crippen molar-refractivity contribution in [2.24, 2.45) is 0 Å². The molecule has 1 aliphatic rings. The van der Waals surface area contributed by atoms with Gasteiger partial charge in [0.1, 0.15) is 23.7 Å². The van der Waals surface area contributed by atoms with Crippen molar-refractivity contribution < 1.29 is 19.0 Å². The molecule has 0 aromatic heterocycles. The van der Waals surface area contributed by atoms with Gasteiger partial charge < -0.3 is 14.2 Å². The Morgan fingerprint density at radius 2 is 2.11 bits per heavy atom. The highest BCUT2D eigenvalue weighted by Crippen LogP contribution is 2.38. The van der Waals surface area contributed by atoms with Crippen LogP contribution in [-0.4, -0.2) is 32.2 Å². The van der Waals surface area contributed by atoms with Gasteiger partial charge in [-0.05, 0) is 38.1 Å². The molecule has 1 aliphatic heterocycles. The van der Waals surface area contributed by atoms with E-state index in [9.17, 15) is 4.79 Å². The van der Waals surface area contributed by atoms with Crippen LogP contribution in [0.5, 0.6) is 11.5 Å². The molecule has 2 rings (SSSR count). The number of fused-ring (bicyclic) bond motifs is 1. The van der Waals surface area contributed by atoms with Gasteiger partial charge in [-0.25, -0.2) is 0 Å². The van der Waals surface area contributed by atoms with Crippen molar-refractivity contribution in [2.45, 2.75) is 19.4 Å². The fraction of sp³-hybridized carbons (Fsp3) is 0.400. The van der Waals surface area contributed by atoms with Crippen molar-refractivity contribution in [3.63, 3.8) is 0 Å². The van der Waals surface area contributed by atoms with E-state index in [0.717, 1.165) is 17.6 Å². The number of benzene rings is 1. The smallest absolute Gasteiger partial charge is 0.153 e. The van der Waals surface area contributed by atoms with Crippen molar-refractivity contribution in [2.75, 3.05) is 20.3 Å². The first-order valence-electron chi connectivity index (χ1n) is 6.19. The lowest BCUT2D eigenvalue weighted by Gasteiger charge is -2.29. The second-order valence-corrected chi connectivity index (χ2v) is 4.89. The number of methoxy groups -OCH3 is 1. The van der Waals surface area contributed by atoms with E-state index in [1.165, 1.54) is 0 Å². The van der Waals surface area contributed by atoms with E-state index in [4.69, 9.17) is 14.2 Å². The summed E-state index contributed by atoms with van der Waals surface area (Å²) in [5, 5.41) is 0. The maximum atomic E-state index is 11.1. The molecule has 0 N–H and O–H groups in total. The molecule has 0 amide bonds. The van der Waals surface area contributed by atoms with E-state index in [1.54, 1.807) is 19.2 Å². The molecule has 19 heavy (non-hydrogen) atoms. The van der Waals surface area contributed by atoms with E-state index in [0.29, 0.717) is 24.5 Å². The summed E-state index contributed by atoms with van der Waals surface area (Å²) in [7, 11) is 1.61. The van der Waals surface area contributed by atoms with Crippen molar-refractivity contribution in [3.05, 3.63) is 29.3 Å². The maximum absolute atomic E-state index is 11.1. The molecule has 0 unspecified atom stereocenters. The lowest BCUT2D eigenvalue weighted by Crippen LogP contribution is -2.27. The first kappa shape index (κ1) is 13.6. The third-order valence-electron chi connectivity index (χ3n) is 2.87. The van der Waals surface area contributed by atoms with Gasteiger partial charge in [0, 0.05) is 7.11 Å². The fourth-order valence-electron chi connectivity index (χ4n) is 1.93. The standard InChI is InChI=1S/C15H18O4/c1-15(2)7-6-12-13(19-15)5-4-11(10-16)14(12)18-9-8-17-3/h4-7,10H,8-9H2,1-3H3. The van der Waals surface area contributed by atoms with Gasteiger partial charge in [-0.2, -0.15) is 0 Å². The van der Waals surface area contributed by atoms with Gasteiger partial charge >= 0.3 is 0 Å². The molecule has 4 nitrogen and oxygen atoms in total. The Kier molecular flexibility index (Phi) is 3.90. The zero-order valence-corrected chi connectivity index (χ0v) is 11.4. The highest BCUT2D eigenvalue weighted by Gasteiger charge is 2.25. The van der Waals surface area contributed by atoms with Gasteiger partial charge in [0.2, 0.25) is 0 Å². The maximum Gasteiger partial charge on any atom is 0.153 e. The molecule has 1 aromatic rings. The first-order valence-corrected chi connectivity index (χ1v) is 6.19. The molecule has 0 spiro atoms. The Bertz CT molecular complexity index is 503. The van der Waals surface area contributed by atoms with Crippen molar-refractivity contribution >= 4 is 12.4 Å². The Balaban J connectivity index is 2.37. The molecule has 0 saturated carbocycles. The monoisotopic (exact) mass is 262 g/mol. The average Bonchev–Trinajstić information content (AvgIpc) is 2.37. The van der Waals surface area contributed by atoms with Gasteiger partial charge in [0.25, 0.3) is 0 Å². The lowest BCUT2D eigenvalue weighted by molar-refractivity contribution is 0.111. The molecule has 0 atom stereocenters. The van der Waals surface area contributed by atoms with Crippen LogP contribution in [0.2, 0.25) is 0 Å². The summed E-state index contributed by atoms with van der Waals surface area (Å²) in [6, 6.07) is 3.51. The van der Waals surface area contributed by atoms with Crippen molar-refractivity contribution in [1.82, 2.24) is 0 Å². The molecular formula is C15H18O4. The van der Waals surface area contributed by atoms with Crippen molar-refractivity contribution in [1.29, 1.82) is 0 Å². The normalized spacial score (nSPS) is 15.5. The molecule has 0 radical (unpaired) electrons. The Morgan fingerprint density at radius 3 is 2.79 bits per heavy atom. The number of ether oxygens (including phenoxy) is 3. The predicted molar refractivity (Wildman–Crippen MR) is 72.9 cm³/mol. The van der Waals surface area contributed by atoms with Crippen molar-refractivity contribution in [3.8, 4) is 11.5 Å². The summed E-state index contributed by atoms with van der Waals surface area (Å²) in [6.45, 7) is 4.82. The van der Waals surface area contributed by atoms with Crippen LogP contribution in [0, 0.1) is 0 Å². The van der Waals surface area contributed by atoms with E-state index in [1.807, 2.05) is 26.0 Å². The number of carbonyl (C=O) groups excluding carboxylic acids is 1. The summed E-state index contributed by atoms with van der Waals surface area (Å²) >= 11 is 0. The number of carbonyl (C=O) groups is 1. The van der Waals surface area contributed by atoms with E-state index in [-0.39, 0.29) is 5.60 Å². The van der Waals surface area contributed by atoms with Crippen LogP contribution in [-0.2, 0) is 4.74 Å². The molecule has 0 bridgehead atoms. The van der Waals surface area contributed by atoms with Crippen LogP contribution < -0.4 is 9.47 Å². The van der Waals surface area contributed by atoms with E-state index < -0.39 is 0 Å². The van der Waals surface area contributed by atoms with Crippen LogP contribution in [0.25, 0.3) is 6.08 Å². The number of hydrogen-bond donors (Lipinski definition) is 0. The number of rotatable bonds is 5. The summed E-state index contributed by atoms with van der Waals surface area (Å²) in [4.78, 5) is 11.1. The predicted octanol–water partition coefficient (Wildman–Crippen LogP) is 2.71. The second kappa shape index (κ2) is 5.45. The highest BCUT2D eigenvalue weighted by atomic mass is 16.5. The van der Waals surface area contributed by atoms with Crippen LogP contribution in [0.3, 0.4) is 0 Å². The lowest BCUT2D eigenvalue weighted by atomic mass is 10.00. The molecule has 1 heterocycles. The third-order valence-corrected chi connectivity index (χ3v) is 2.87. The molecule has 0 saturated heterocycles. The van der Waals surface area contributed by atoms with Gasteiger partial charge in [-0.15, -0.1) is 0 Å². The molecule has 1 aromatic carbocycles. The summed E-state index contributed by atoms with van der Waals surface area (Å²) in [5.41, 5.74) is 0.974. The van der Waals surface area contributed by atoms with Crippen LogP contribution in [0.4, 0.5) is 0 Å². The Hall–Kier alpha value is -1.81. The Labute approximate surface area is 113 Å². The topological polar surface area (TPSA) is 44.8 Å². The van der Waals surface area contributed by atoms with Gasteiger partial charge in [0.15, 0.2) is 6.29 Å². The Morgan fingerprint density at radius 1 is 1.32 bits per heavy atom. The quantitative estimate of drug-likeness (QED) is 0.604. The molecule has 102 valence electrons. The molecule has 0 fully saturated rings. The minimum atomic E-state index is -0.348. The highest BCUT2D eigenvalue weighted by molar-refractivity contribution is 5.84. The van der Waals surface area contributed by atoms with Crippen LogP contribution >= 0.6 is 0 Å². The van der Waals surface area contributed by atoms with E-state index in [2.05, 4.69) is 0 Å². The summed E-state index contributed by atoms with van der Waals surface area (Å²) in [6.07, 6.45) is 4.68. The largest absolute Gasteiger partial charge is 0.490 e. The van der Waals surface area contributed by atoms with Crippen LogP contribution in [0.15, 0.2) is 18.2 Å². The number of aldehydes is 1. The summed E-state index contributed by atoms with van der Waals surface area (Å²) in [5.74, 6) is 1.28. The van der Waals surface area contributed by atoms with Gasteiger partial charge in [0.05, 0.1) is 17.7 Å². The minimum Gasteiger partial charge on any atom is -0.490 e. The molecular weight excluding hydrogens is 244 g/mol. The minimum absolute atomic E-state index is 0.348. The SMILES string of the molecule is COCCOc1c(C=O)ccc2c1C=CC(C)(C)O2. The first-order chi connectivity index (χ1) is 9.07. The van der Waals surface area contributed by atoms with Crippen LogP contribution in [0.1, 0.15) is 29.8 Å². The molecule has 0 aliphatic carbocycles. The summed E-state index contributed by atoms with van der Waals surface area (Å²) < 4.78 is 16.5. The van der Waals surface area contributed by atoms with Gasteiger partial charge in [-0.1, -0.05) is 0 Å². The average molecular weight is 262 g/mol. The fourth-order valence-corrected chi connectivity index (χ4v) is 1.93. The zero-order chi connectivity index (χ0) is 13.9. The van der Waals surface area contributed by atoms with Gasteiger partial charge in [-0.3, -0.25) is 4.79 Å². The second-order valence-electron chi connectivity index (χ2n) is 4.89. The number of hydrogen-bond acceptors (Lipinski definition) is 4.